The first-order valence-electron chi connectivity index (χ1n) is 7.88. The summed E-state index contributed by atoms with van der Waals surface area (Å²) in [6.07, 6.45) is 6.00. The zero-order valence-electron chi connectivity index (χ0n) is 14.2. The van der Waals surface area contributed by atoms with E-state index in [1.54, 1.807) is 7.05 Å². The van der Waals surface area contributed by atoms with Crippen molar-refractivity contribution in [3.8, 4) is 5.75 Å². The van der Waals surface area contributed by atoms with Gasteiger partial charge in [-0.1, -0.05) is 18.2 Å². The van der Waals surface area contributed by atoms with Gasteiger partial charge in [-0.05, 0) is 30.5 Å². The Hall–Kier alpha value is -1.77. The van der Waals surface area contributed by atoms with Crippen LogP contribution >= 0.6 is 24.0 Å². The molecule has 7 heteroatoms. The number of nitrogens with zero attached hydrogens (tertiary/aromatic N) is 3. The molecule has 24 heavy (non-hydrogen) atoms. The highest BCUT2D eigenvalue weighted by Gasteiger charge is 1.99. The Morgan fingerprint density at radius 2 is 1.96 bits per heavy atom. The van der Waals surface area contributed by atoms with Gasteiger partial charge in [-0.15, -0.1) is 24.0 Å². The molecule has 0 radical (unpaired) electrons. The number of aryl methyl sites for hydroxylation is 2. The van der Waals surface area contributed by atoms with E-state index in [1.807, 2.05) is 54.5 Å². The smallest absolute Gasteiger partial charge is 0.191 e. The molecule has 0 saturated heterocycles. The second kappa shape index (κ2) is 11.7. The molecular weight excluding hydrogens is 417 g/mol. The van der Waals surface area contributed by atoms with Crippen LogP contribution in [-0.4, -0.2) is 42.5 Å². The van der Waals surface area contributed by atoms with Crippen molar-refractivity contribution in [2.75, 3.05) is 26.7 Å². The van der Waals surface area contributed by atoms with E-state index in [9.17, 15) is 0 Å². The molecule has 0 aliphatic carbocycles. The fourth-order valence-corrected chi connectivity index (χ4v) is 2.18. The molecule has 6 nitrogen and oxygen atoms in total. The fraction of sp³-hybridized carbons (Fsp3) is 0.412. The predicted molar refractivity (Wildman–Crippen MR) is 108 cm³/mol. The van der Waals surface area contributed by atoms with Gasteiger partial charge in [0.05, 0.1) is 12.7 Å². The Bertz CT molecular complexity index is 600. The summed E-state index contributed by atoms with van der Waals surface area (Å²) < 4.78 is 7.46. The second-order valence-electron chi connectivity index (χ2n) is 5.21. The number of guanidine groups is 1. The van der Waals surface area contributed by atoms with Crippen molar-refractivity contribution < 1.29 is 4.74 Å². The van der Waals surface area contributed by atoms with Gasteiger partial charge in [0.1, 0.15) is 12.4 Å². The van der Waals surface area contributed by atoms with Crippen LogP contribution in [-0.2, 0) is 13.5 Å². The molecule has 132 valence electrons. The van der Waals surface area contributed by atoms with Gasteiger partial charge in [-0.3, -0.25) is 9.67 Å². The van der Waals surface area contributed by atoms with Crippen LogP contribution in [0.15, 0.2) is 47.7 Å². The van der Waals surface area contributed by atoms with E-state index in [4.69, 9.17) is 4.74 Å². The lowest BCUT2D eigenvalue weighted by Gasteiger charge is -2.12. The molecule has 0 atom stereocenters. The van der Waals surface area contributed by atoms with Crippen molar-refractivity contribution in [3.05, 3.63) is 48.3 Å². The predicted octanol–water partition coefficient (Wildman–Crippen LogP) is 2.21. The van der Waals surface area contributed by atoms with Crippen molar-refractivity contribution in [1.29, 1.82) is 0 Å². The standard InChI is InChI=1S/C17H25N5O.HI/c1-18-17(19-10-6-7-15-13-21-22(2)14-15)20-11-12-23-16-8-4-3-5-9-16;/h3-5,8-9,13-14H,6-7,10-12H2,1-2H3,(H2,18,19,20);1H. The van der Waals surface area contributed by atoms with Gasteiger partial charge in [0.15, 0.2) is 5.96 Å². The van der Waals surface area contributed by atoms with E-state index in [-0.39, 0.29) is 24.0 Å². The first-order valence-corrected chi connectivity index (χ1v) is 7.88. The third-order valence-corrected chi connectivity index (χ3v) is 3.32. The summed E-state index contributed by atoms with van der Waals surface area (Å²) in [5.74, 6) is 1.68. The lowest BCUT2D eigenvalue weighted by Crippen LogP contribution is -2.39. The molecule has 0 unspecified atom stereocenters. The summed E-state index contributed by atoms with van der Waals surface area (Å²) in [6, 6.07) is 9.80. The molecule has 2 N–H and O–H groups in total. The number of rotatable bonds is 8. The van der Waals surface area contributed by atoms with E-state index >= 15 is 0 Å². The first kappa shape index (κ1) is 20.3. The average molecular weight is 443 g/mol. The number of hydrogen-bond donors (Lipinski definition) is 2. The Balaban J connectivity index is 0.00000288. The summed E-state index contributed by atoms with van der Waals surface area (Å²) >= 11 is 0. The van der Waals surface area contributed by atoms with Gasteiger partial charge in [-0.25, -0.2) is 0 Å². The largest absolute Gasteiger partial charge is 0.492 e. The molecule has 0 aliphatic heterocycles. The molecule has 2 rings (SSSR count). The minimum atomic E-state index is 0. The van der Waals surface area contributed by atoms with Gasteiger partial charge in [0.25, 0.3) is 0 Å². The maximum atomic E-state index is 5.63. The molecule has 0 spiro atoms. The number of aliphatic imine (C=N–C) groups is 1. The maximum absolute atomic E-state index is 5.63. The number of benzene rings is 1. The van der Waals surface area contributed by atoms with Gasteiger partial charge in [0.2, 0.25) is 0 Å². The van der Waals surface area contributed by atoms with E-state index in [0.717, 1.165) is 31.1 Å². The minimum Gasteiger partial charge on any atom is -0.492 e. The number of ether oxygens (including phenoxy) is 1. The second-order valence-corrected chi connectivity index (χ2v) is 5.21. The summed E-state index contributed by atoms with van der Waals surface area (Å²) in [6.45, 7) is 2.17. The molecule has 2 aromatic rings. The fourth-order valence-electron chi connectivity index (χ4n) is 2.18. The third-order valence-electron chi connectivity index (χ3n) is 3.32. The maximum Gasteiger partial charge on any atom is 0.191 e. The normalized spacial score (nSPS) is 10.8. The Labute approximate surface area is 160 Å². The minimum absolute atomic E-state index is 0. The molecule has 1 aromatic carbocycles. The van der Waals surface area contributed by atoms with Crippen LogP contribution in [0.2, 0.25) is 0 Å². The van der Waals surface area contributed by atoms with E-state index in [1.165, 1.54) is 5.56 Å². The Morgan fingerprint density at radius 1 is 1.21 bits per heavy atom. The summed E-state index contributed by atoms with van der Waals surface area (Å²) in [5, 5.41) is 10.7. The van der Waals surface area contributed by atoms with Gasteiger partial charge < -0.3 is 15.4 Å². The van der Waals surface area contributed by atoms with Crippen molar-refractivity contribution >= 4 is 29.9 Å². The van der Waals surface area contributed by atoms with Crippen LogP contribution in [0.3, 0.4) is 0 Å². The number of aromatic nitrogens is 2. The first-order chi connectivity index (χ1) is 11.3. The summed E-state index contributed by atoms with van der Waals surface area (Å²) in [7, 11) is 3.71. The highest BCUT2D eigenvalue weighted by Crippen LogP contribution is 2.07. The van der Waals surface area contributed by atoms with Crippen LogP contribution in [0.1, 0.15) is 12.0 Å². The number of halogens is 1. The van der Waals surface area contributed by atoms with Crippen molar-refractivity contribution in [1.82, 2.24) is 20.4 Å². The van der Waals surface area contributed by atoms with Crippen molar-refractivity contribution in [2.24, 2.45) is 12.0 Å². The molecule has 0 saturated carbocycles. The van der Waals surface area contributed by atoms with E-state index < -0.39 is 0 Å². The monoisotopic (exact) mass is 443 g/mol. The SMILES string of the molecule is CN=C(NCCCc1cnn(C)c1)NCCOc1ccccc1.I. The van der Waals surface area contributed by atoms with Crippen LogP contribution in [0.25, 0.3) is 0 Å². The topological polar surface area (TPSA) is 63.5 Å². The Morgan fingerprint density at radius 3 is 2.62 bits per heavy atom. The molecule has 0 amide bonds. The summed E-state index contributed by atoms with van der Waals surface area (Å²) in [4.78, 5) is 4.20. The number of para-hydroxylation sites is 1. The van der Waals surface area contributed by atoms with Gasteiger partial charge in [-0.2, -0.15) is 5.10 Å². The number of nitrogens with one attached hydrogen (secondary N) is 2. The lowest BCUT2D eigenvalue weighted by molar-refractivity contribution is 0.322. The van der Waals surface area contributed by atoms with Crippen LogP contribution < -0.4 is 15.4 Å². The third kappa shape index (κ3) is 7.67. The number of hydrogen-bond acceptors (Lipinski definition) is 3. The molecular formula is C17H26IN5O. The van der Waals surface area contributed by atoms with Crippen molar-refractivity contribution in [3.63, 3.8) is 0 Å². The highest BCUT2D eigenvalue weighted by atomic mass is 127. The zero-order chi connectivity index (χ0) is 16.3. The molecule has 0 fully saturated rings. The highest BCUT2D eigenvalue weighted by molar-refractivity contribution is 14.0. The van der Waals surface area contributed by atoms with Crippen LogP contribution in [0, 0.1) is 0 Å². The molecule has 0 aliphatic rings. The molecule has 0 bridgehead atoms. The van der Waals surface area contributed by atoms with Crippen LogP contribution in [0.5, 0.6) is 5.75 Å². The lowest BCUT2D eigenvalue weighted by atomic mass is 10.2. The van der Waals surface area contributed by atoms with Gasteiger partial charge >= 0.3 is 0 Å². The Kier molecular flexibility index (Phi) is 9.90. The van der Waals surface area contributed by atoms with E-state index in [2.05, 4.69) is 20.7 Å². The van der Waals surface area contributed by atoms with Crippen LogP contribution in [0.4, 0.5) is 0 Å². The van der Waals surface area contributed by atoms with Crippen molar-refractivity contribution in [2.45, 2.75) is 12.8 Å². The average Bonchev–Trinajstić information content (AvgIpc) is 2.99. The van der Waals surface area contributed by atoms with E-state index in [0.29, 0.717) is 13.2 Å². The quantitative estimate of drug-likeness (QED) is 0.284. The van der Waals surface area contributed by atoms with Gasteiger partial charge in [0, 0.05) is 26.8 Å². The summed E-state index contributed by atoms with van der Waals surface area (Å²) in [5.41, 5.74) is 1.26. The zero-order valence-corrected chi connectivity index (χ0v) is 16.6. The molecule has 1 heterocycles. The molecule has 1 aromatic heterocycles.